The van der Waals surface area contributed by atoms with Gasteiger partial charge >= 0.3 is 180 Å². The number of aromatic nitrogens is 1. The van der Waals surface area contributed by atoms with Gasteiger partial charge in [0.05, 0.1) is 0 Å². The van der Waals surface area contributed by atoms with Crippen LogP contribution in [0.4, 0.5) is 0 Å². The van der Waals surface area contributed by atoms with Gasteiger partial charge in [0, 0.05) is 0 Å². The Morgan fingerprint density at radius 2 is 1.50 bits per heavy atom. The van der Waals surface area contributed by atoms with E-state index in [-0.39, 0.29) is 24.8 Å². The number of rotatable bonds is 2. The van der Waals surface area contributed by atoms with Gasteiger partial charge in [-0.2, -0.15) is 0 Å². The molecule has 0 amide bonds. The number of hydrogen-bond acceptors (Lipinski definition) is 0. The molecule has 0 saturated carbocycles. The summed E-state index contributed by atoms with van der Waals surface area (Å²) in [5.41, 5.74) is 9.72. The zero-order valence-electron chi connectivity index (χ0n) is 16.1. The molecule has 1 heterocycles. The fraction of sp³-hybridized carbons (Fsp3) is 0.0769. The van der Waals surface area contributed by atoms with Crippen LogP contribution in [0, 0.1) is 0 Å². The molecule has 145 valence electrons. The molecule has 0 bridgehead atoms. The summed E-state index contributed by atoms with van der Waals surface area (Å²) in [5.74, 6) is 0.312. The van der Waals surface area contributed by atoms with Crippen LogP contribution in [0.15, 0.2) is 99.9 Å². The first-order valence-electron chi connectivity index (χ1n) is 9.74. The fourth-order valence-corrected chi connectivity index (χ4v) is 5.75. The van der Waals surface area contributed by atoms with E-state index in [2.05, 4.69) is 95.6 Å². The van der Waals surface area contributed by atoms with E-state index in [1.807, 2.05) is 0 Å². The van der Waals surface area contributed by atoms with Gasteiger partial charge in [0.2, 0.25) is 0 Å². The Balaban J connectivity index is 0.00000109. The number of nitrogens with zero attached hydrogens (tertiary/aromatic N) is 1. The van der Waals surface area contributed by atoms with Crippen LogP contribution < -0.4 is 24.8 Å². The molecule has 0 radical (unpaired) electrons. The van der Waals surface area contributed by atoms with Gasteiger partial charge in [-0.3, -0.25) is 0 Å². The second-order valence-corrected chi connectivity index (χ2v) is 8.99. The first kappa shape index (κ1) is 21.4. The van der Waals surface area contributed by atoms with Crippen LogP contribution in [-0.4, -0.2) is 4.57 Å². The van der Waals surface area contributed by atoms with Crippen molar-refractivity contribution < 1.29 is 49.5 Å². The van der Waals surface area contributed by atoms with E-state index in [0.29, 0.717) is 5.92 Å². The summed E-state index contributed by atoms with van der Waals surface area (Å²) in [6.45, 7) is 0. The monoisotopic (exact) mass is 504 g/mol. The van der Waals surface area contributed by atoms with Gasteiger partial charge < -0.3 is 24.8 Å². The van der Waals surface area contributed by atoms with Crippen LogP contribution in [0.25, 0.3) is 27.7 Å². The summed E-state index contributed by atoms with van der Waals surface area (Å²) in [6.07, 6.45) is 5.80. The van der Waals surface area contributed by atoms with Crippen molar-refractivity contribution in [1.82, 2.24) is 4.57 Å². The first-order valence-corrected chi connectivity index (χ1v) is 11.0. The molecule has 2 aliphatic carbocycles. The van der Waals surface area contributed by atoms with Crippen molar-refractivity contribution in [3.63, 3.8) is 0 Å². The van der Waals surface area contributed by atoms with Crippen LogP contribution >= 0.6 is 0 Å². The number of allylic oxidation sites excluding steroid dienone is 4. The summed E-state index contributed by atoms with van der Waals surface area (Å²) < 4.78 is 4.07. The Morgan fingerprint density at radius 1 is 0.800 bits per heavy atom. The van der Waals surface area contributed by atoms with Gasteiger partial charge in [0.15, 0.2) is 0 Å². The second-order valence-electron chi connectivity index (χ2n) is 7.51. The quantitative estimate of drug-likeness (QED) is 0.374. The van der Waals surface area contributed by atoms with Crippen LogP contribution in [0.3, 0.4) is 0 Å². The van der Waals surface area contributed by atoms with Crippen molar-refractivity contribution in [3.05, 3.63) is 111 Å². The minimum absolute atomic E-state index is 0. The molecule has 0 N–H and O–H groups in total. The van der Waals surface area contributed by atoms with Crippen LogP contribution in [0.1, 0.15) is 23.6 Å². The second kappa shape index (κ2) is 8.35. The number of fused-ring (bicyclic) bond motifs is 5. The SMILES string of the molecule is [Cl-].[Cl-].[Zr+2][C]1=C(C2c3ccccc3-c3c2n(-c2ccccc2)c2ccccc32)C=CC1. The third-order valence-corrected chi connectivity index (χ3v) is 7.23. The summed E-state index contributed by atoms with van der Waals surface area (Å²) >= 11 is 1.53. The third kappa shape index (κ3) is 3.01. The molecule has 0 aliphatic heterocycles. The molecule has 1 unspecified atom stereocenters. The maximum atomic E-state index is 2.50. The molecule has 0 fully saturated rings. The summed E-state index contributed by atoms with van der Waals surface area (Å²) in [5, 5.41) is 1.35. The van der Waals surface area contributed by atoms with Gasteiger partial charge in [0.25, 0.3) is 0 Å². The van der Waals surface area contributed by atoms with Gasteiger partial charge in [0.1, 0.15) is 0 Å². The first-order chi connectivity index (χ1) is 13.8. The minimum atomic E-state index is 0. The standard InChI is InChI=1S/C26H18N.2ClH.Zr/c1-2-12-19(13-3-1)27-23-17-9-8-16-22(23)25-21-15-7-6-14-20(21)24(26(25)27)18-10-4-5-11-18;;;/h1-4,6-10,12-17,24H,5H2;2*1H;/q;;;+2/p-2. The van der Waals surface area contributed by atoms with E-state index < -0.39 is 0 Å². The predicted molar refractivity (Wildman–Crippen MR) is 111 cm³/mol. The molecule has 1 nitrogen and oxygen atoms in total. The Bertz CT molecular complexity index is 1290. The van der Waals surface area contributed by atoms with Crippen molar-refractivity contribution in [1.29, 1.82) is 0 Å². The molecule has 4 aromatic rings. The Morgan fingerprint density at radius 3 is 2.27 bits per heavy atom. The van der Waals surface area contributed by atoms with Crippen molar-refractivity contribution in [2.24, 2.45) is 0 Å². The Kier molecular flexibility index (Phi) is 5.95. The van der Waals surface area contributed by atoms with Crippen molar-refractivity contribution in [2.75, 3.05) is 0 Å². The molecule has 0 saturated heterocycles. The average Bonchev–Trinajstić information content (AvgIpc) is 3.40. The van der Waals surface area contributed by atoms with E-state index in [0.717, 1.165) is 6.42 Å². The van der Waals surface area contributed by atoms with E-state index >= 15 is 0 Å². The average molecular weight is 507 g/mol. The van der Waals surface area contributed by atoms with Crippen molar-refractivity contribution >= 4 is 10.9 Å². The van der Waals surface area contributed by atoms with Crippen LogP contribution in [0.2, 0.25) is 0 Å². The predicted octanol–water partition coefficient (Wildman–Crippen LogP) is 0.512. The van der Waals surface area contributed by atoms with Gasteiger partial charge in [-0.25, -0.2) is 0 Å². The molecule has 1 atom stereocenters. The van der Waals surface area contributed by atoms with E-state index in [9.17, 15) is 0 Å². The molecule has 1 aromatic heterocycles. The van der Waals surface area contributed by atoms with Crippen molar-refractivity contribution in [2.45, 2.75) is 12.3 Å². The molecular weight excluding hydrogens is 488 g/mol. The normalized spacial score (nSPS) is 16.3. The zero-order chi connectivity index (χ0) is 18.7. The fourth-order valence-electron chi connectivity index (χ4n) is 4.90. The third-order valence-electron chi connectivity index (χ3n) is 6.02. The molecular formula is C26H18Cl2NZr. The molecule has 4 heteroatoms. The van der Waals surface area contributed by atoms with Gasteiger partial charge in [-0.1, -0.05) is 0 Å². The number of benzene rings is 3. The van der Waals surface area contributed by atoms with E-state index in [1.165, 1.54) is 69.3 Å². The number of para-hydroxylation sites is 2. The molecule has 30 heavy (non-hydrogen) atoms. The van der Waals surface area contributed by atoms with Crippen LogP contribution in [0.5, 0.6) is 0 Å². The zero-order valence-corrected chi connectivity index (χ0v) is 20.1. The molecule has 2 aliphatic rings. The van der Waals surface area contributed by atoms with Gasteiger partial charge in [-0.15, -0.1) is 0 Å². The van der Waals surface area contributed by atoms with Crippen molar-refractivity contribution in [3.8, 4) is 16.8 Å². The Hall–Kier alpha value is -1.86. The summed E-state index contributed by atoms with van der Waals surface area (Å²) in [4.78, 5) is 0. The van der Waals surface area contributed by atoms with Gasteiger partial charge in [-0.05, 0) is 0 Å². The van der Waals surface area contributed by atoms with E-state index in [1.54, 1.807) is 3.28 Å². The number of halogens is 2. The summed E-state index contributed by atoms with van der Waals surface area (Å²) in [6, 6.07) is 28.7. The van der Waals surface area contributed by atoms with E-state index in [4.69, 9.17) is 0 Å². The molecule has 3 aromatic carbocycles. The molecule has 0 spiro atoms. The topological polar surface area (TPSA) is 4.93 Å². The maximum absolute atomic E-state index is 2.50. The number of hydrogen-bond donors (Lipinski definition) is 0. The molecule has 6 rings (SSSR count). The van der Waals surface area contributed by atoms with Crippen LogP contribution in [-0.2, 0) is 24.7 Å². The summed E-state index contributed by atoms with van der Waals surface area (Å²) in [7, 11) is 0. The Labute approximate surface area is 204 Å².